The fourth-order valence-electron chi connectivity index (χ4n) is 5.45. The van der Waals surface area contributed by atoms with E-state index >= 15 is 8.63 Å². The number of nitrogens with zero attached hydrogens (tertiary/aromatic N) is 2. The van der Waals surface area contributed by atoms with Crippen LogP contribution in [0.15, 0.2) is 33.4 Å². The van der Waals surface area contributed by atoms with Gasteiger partial charge in [-0.15, -0.1) is 0 Å². The molecule has 0 amide bonds. The minimum atomic E-state index is -4.15. The van der Waals surface area contributed by atoms with E-state index in [-0.39, 0.29) is 0 Å². The monoisotopic (exact) mass is 494 g/mol. The Kier molecular flexibility index (Phi) is 5.15. The summed E-state index contributed by atoms with van der Waals surface area (Å²) in [6, 6.07) is 2.16. The molecule has 2 nitrogen and oxygen atoms in total. The Bertz CT molecular complexity index is 1250. The second-order valence-electron chi connectivity index (χ2n) is 8.23. The van der Waals surface area contributed by atoms with Gasteiger partial charge >= 0.3 is 6.97 Å². The molecule has 164 valence electrons. The van der Waals surface area contributed by atoms with Crippen LogP contribution in [0.4, 0.5) is 17.4 Å². The molecular weight excluding hydrogens is 471 g/mol. The highest BCUT2D eigenvalue weighted by atomic mass is 79.9. The number of rotatable bonds is 3. The lowest BCUT2D eigenvalue weighted by Gasteiger charge is -2.34. The van der Waals surface area contributed by atoms with Crippen LogP contribution in [0.5, 0.6) is 0 Å². The molecule has 2 aliphatic rings. The smallest absolute Gasteiger partial charge is 0.393 e. The fourth-order valence-corrected chi connectivity index (χ4v) is 5.96. The molecule has 0 N–H and O–H groups in total. The van der Waals surface area contributed by atoms with Crippen molar-refractivity contribution in [1.82, 2.24) is 4.48 Å². The average molecular weight is 495 g/mol. The van der Waals surface area contributed by atoms with E-state index in [0.29, 0.717) is 51.2 Å². The first-order valence-corrected chi connectivity index (χ1v) is 11.2. The topological polar surface area (TPSA) is 7.94 Å². The third-order valence-electron chi connectivity index (χ3n) is 6.78. The fraction of sp³-hybridized carbons (Fsp3) is 0.348. The van der Waals surface area contributed by atoms with E-state index in [1.165, 1.54) is 0 Å². The van der Waals surface area contributed by atoms with Gasteiger partial charge in [-0.3, -0.25) is 0 Å². The molecule has 0 radical (unpaired) electrons. The highest BCUT2D eigenvalue weighted by molar-refractivity contribution is 9.10. The van der Waals surface area contributed by atoms with Gasteiger partial charge in [-0.1, -0.05) is 29.8 Å². The molecule has 8 heteroatoms. The van der Waals surface area contributed by atoms with Crippen molar-refractivity contribution in [2.75, 3.05) is 0 Å². The van der Waals surface area contributed by atoms with Crippen molar-refractivity contribution in [3.8, 4) is 0 Å². The number of benzene rings is 1. The Morgan fingerprint density at radius 1 is 1.00 bits per heavy atom. The summed E-state index contributed by atoms with van der Waals surface area (Å²) in [6.45, 7) is 6.80. The summed E-state index contributed by atoms with van der Waals surface area (Å²) < 4.78 is 63.1. The van der Waals surface area contributed by atoms with Gasteiger partial charge in [0.1, 0.15) is 5.71 Å². The Morgan fingerprint density at radius 3 is 2.19 bits per heavy atom. The molecule has 2 aromatic rings. The Labute approximate surface area is 188 Å². The van der Waals surface area contributed by atoms with E-state index in [1.54, 1.807) is 13.8 Å². The van der Waals surface area contributed by atoms with Crippen molar-refractivity contribution in [3.05, 3.63) is 73.2 Å². The molecule has 4 rings (SSSR count). The standard InChI is InChI=1S/C23H24BBrF4N2/c1-7-15-11(3)22-21(17-9-19(26)20(27)10-18(17)25)23-12(4)16(8-2)14(6)31(23)24(28,29)30(22)13(15)5/h9-10H,7-8H2,1-6H3. The molecule has 0 aliphatic carbocycles. The van der Waals surface area contributed by atoms with Gasteiger partial charge in [0, 0.05) is 33.8 Å². The molecule has 0 fully saturated rings. The summed E-state index contributed by atoms with van der Waals surface area (Å²) in [6.07, 6.45) is 1.20. The number of hydrogen-bond donors (Lipinski definition) is 0. The largest absolute Gasteiger partial charge is 0.737 e. The zero-order valence-corrected chi connectivity index (χ0v) is 20.0. The highest BCUT2D eigenvalue weighted by Crippen LogP contribution is 2.48. The van der Waals surface area contributed by atoms with Gasteiger partial charge in [0.25, 0.3) is 0 Å². The Hall–Kier alpha value is -2.09. The van der Waals surface area contributed by atoms with Gasteiger partial charge in [0.15, 0.2) is 17.3 Å². The minimum absolute atomic E-state index is 0.324. The summed E-state index contributed by atoms with van der Waals surface area (Å²) in [4.78, 5) is 0. The molecule has 3 heterocycles. The van der Waals surface area contributed by atoms with Crippen LogP contribution in [0.2, 0.25) is 0 Å². The predicted octanol–water partition coefficient (Wildman–Crippen LogP) is 6.92. The van der Waals surface area contributed by atoms with Gasteiger partial charge in [-0.2, -0.15) is 0 Å². The Balaban J connectivity index is 2.27. The number of halogens is 5. The van der Waals surface area contributed by atoms with E-state index < -0.39 is 18.6 Å². The first kappa shape index (κ1) is 22.1. The van der Waals surface area contributed by atoms with E-state index in [0.717, 1.165) is 43.4 Å². The molecule has 0 saturated heterocycles. The maximum Gasteiger partial charge on any atom is 0.737 e. The second-order valence-corrected chi connectivity index (χ2v) is 9.09. The van der Waals surface area contributed by atoms with Gasteiger partial charge in [-0.05, 0) is 62.6 Å². The van der Waals surface area contributed by atoms with E-state index in [1.807, 2.05) is 27.7 Å². The maximum atomic E-state index is 16.1. The van der Waals surface area contributed by atoms with Crippen LogP contribution in [-0.2, 0) is 6.42 Å². The lowest BCUT2D eigenvalue weighted by atomic mass is 9.83. The first-order valence-electron chi connectivity index (χ1n) is 10.4. The maximum absolute atomic E-state index is 16.1. The molecule has 2 aliphatic heterocycles. The van der Waals surface area contributed by atoms with Crippen LogP contribution in [0.1, 0.15) is 62.2 Å². The lowest BCUT2D eigenvalue weighted by molar-refractivity contribution is -0.363. The van der Waals surface area contributed by atoms with Crippen LogP contribution in [0, 0.1) is 25.5 Å². The number of fused-ring (bicyclic) bond motifs is 2. The predicted molar refractivity (Wildman–Crippen MR) is 121 cm³/mol. The van der Waals surface area contributed by atoms with E-state index in [9.17, 15) is 8.78 Å². The molecule has 0 spiro atoms. The molecule has 0 atom stereocenters. The second kappa shape index (κ2) is 7.22. The highest BCUT2D eigenvalue weighted by Gasteiger charge is 2.56. The van der Waals surface area contributed by atoms with Crippen molar-refractivity contribution in [2.24, 2.45) is 0 Å². The van der Waals surface area contributed by atoms with Crippen LogP contribution in [0.25, 0.3) is 5.57 Å². The van der Waals surface area contributed by atoms with Gasteiger partial charge in [0.2, 0.25) is 0 Å². The van der Waals surface area contributed by atoms with Crippen LogP contribution in [0.3, 0.4) is 0 Å². The summed E-state index contributed by atoms with van der Waals surface area (Å²) in [5.41, 5.74) is 5.82. The minimum Gasteiger partial charge on any atom is -0.393 e. The third kappa shape index (κ3) is 2.79. The zero-order chi connectivity index (χ0) is 23.0. The normalized spacial score (nSPS) is 17.6. The molecular formula is C23H24BBrF4N2. The van der Waals surface area contributed by atoms with Crippen LogP contribution < -0.4 is 0 Å². The molecule has 0 bridgehead atoms. The quantitative estimate of drug-likeness (QED) is 0.248. The summed E-state index contributed by atoms with van der Waals surface area (Å²) in [5, 5.41) is 0. The molecule has 0 saturated carbocycles. The van der Waals surface area contributed by atoms with E-state index in [2.05, 4.69) is 15.9 Å². The van der Waals surface area contributed by atoms with Gasteiger partial charge in [-0.25, -0.2) is 8.78 Å². The average Bonchev–Trinajstić information content (AvgIpc) is 3.10. The van der Waals surface area contributed by atoms with Crippen LogP contribution in [-0.4, -0.2) is 21.6 Å². The molecule has 31 heavy (non-hydrogen) atoms. The lowest BCUT2D eigenvalue weighted by Crippen LogP contribution is -2.51. The number of hydrogen-bond acceptors (Lipinski definition) is 0. The number of allylic oxidation sites excluding steroid dienone is 2. The van der Waals surface area contributed by atoms with Crippen molar-refractivity contribution in [2.45, 2.75) is 54.4 Å². The zero-order valence-electron chi connectivity index (χ0n) is 18.4. The summed E-state index contributed by atoms with van der Waals surface area (Å²) in [5.74, 6) is -2.00. The molecule has 1 aromatic carbocycles. The van der Waals surface area contributed by atoms with Crippen molar-refractivity contribution in [1.29, 1.82) is 0 Å². The summed E-state index contributed by atoms with van der Waals surface area (Å²) >= 11 is 3.35. The molecule has 0 unspecified atom stereocenters. The van der Waals surface area contributed by atoms with Gasteiger partial charge < -0.3 is 17.6 Å². The van der Waals surface area contributed by atoms with Gasteiger partial charge in [0.05, 0.1) is 5.57 Å². The van der Waals surface area contributed by atoms with Crippen molar-refractivity contribution >= 4 is 34.2 Å². The summed E-state index contributed by atoms with van der Waals surface area (Å²) in [7, 11) is 0. The van der Waals surface area contributed by atoms with E-state index in [4.69, 9.17) is 0 Å². The van der Waals surface area contributed by atoms with Crippen LogP contribution >= 0.6 is 15.9 Å². The third-order valence-corrected chi connectivity index (χ3v) is 7.43. The van der Waals surface area contributed by atoms with Crippen molar-refractivity contribution in [3.63, 3.8) is 0 Å². The number of aromatic nitrogens is 1. The molecule has 1 aromatic heterocycles. The Morgan fingerprint density at radius 2 is 1.61 bits per heavy atom. The first-order chi connectivity index (χ1) is 14.5. The van der Waals surface area contributed by atoms with Crippen molar-refractivity contribution < 1.29 is 21.9 Å². The SMILES string of the molecule is CCC1=C(C)C2=C(c3cc(F)c(F)cc3Br)c3c(C)c(CC)c(C)n3[B-](F)(F)[N+]2=C1C.